The molecule has 220 valence electrons. The van der Waals surface area contributed by atoms with Crippen LogP contribution in [0.25, 0.3) is 45.8 Å². The van der Waals surface area contributed by atoms with E-state index in [0.29, 0.717) is 27.9 Å². The van der Waals surface area contributed by atoms with E-state index >= 15 is 0 Å². The molecular weight excluding hydrogens is 572 g/mol. The van der Waals surface area contributed by atoms with Gasteiger partial charge in [0.1, 0.15) is 0 Å². The Morgan fingerprint density at radius 2 is 0.891 bits per heavy atom. The third-order valence-electron chi connectivity index (χ3n) is 8.89. The molecule has 2 aliphatic carbocycles. The lowest BCUT2D eigenvalue weighted by molar-refractivity contribution is 0.0819. The second-order valence-electron chi connectivity index (χ2n) is 11.5. The number of hydrogen-bond donors (Lipinski definition) is 0. The Morgan fingerprint density at radius 3 is 1.43 bits per heavy atom. The minimum absolute atomic E-state index is 0.205. The van der Waals surface area contributed by atoms with Gasteiger partial charge in [0.05, 0.1) is 33.8 Å². The van der Waals surface area contributed by atoms with Crippen molar-refractivity contribution in [1.29, 1.82) is 0 Å². The number of rotatable bonds is 4. The van der Waals surface area contributed by atoms with Crippen molar-refractivity contribution >= 4 is 23.7 Å². The number of fused-ring (bicyclic) bond motifs is 3. The summed E-state index contributed by atoms with van der Waals surface area (Å²) in [5.74, 6) is -2.12. The highest BCUT2D eigenvalue weighted by Crippen LogP contribution is 2.33. The highest BCUT2D eigenvalue weighted by molar-refractivity contribution is 6.19. The van der Waals surface area contributed by atoms with Crippen molar-refractivity contribution in [2.24, 2.45) is 11.8 Å². The van der Waals surface area contributed by atoms with E-state index in [0.717, 1.165) is 26.8 Å². The summed E-state index contributed by atoms with van der Waals surface area (Å²) in [5.41, 5.74) is 4.17. The predicted octanol–water partition coefficient (Wildman–Crippen LogP) is 5.21. The summed E-state index contributed by atoms with van der Waals surface area (Å²) in [7, 11) is 0. The fourth-order valence-corrected chi connectivity index (χ4v) is 6.66. The van der Waals surface area contributed by atoms with Crippen molar-refractivity contribution in [2.45, 2.75) is 0 Å². The third kappa shape index (κ3) is 4.34. The normalized spacial score (nSPS) is 16.4. The summed E-state index contributed by atoms with van der Waals surface area (Å²) in [6.07, 6.45) is 3.23. The summed E-state index contributed by atoms with van der Waals surface area (Å²) in [6.45, 7) is 0. The van der Waals surface area contributed by atoms with E-state index in [1.807, 2.05) is 103 Å². The minimum Gasteiger partial charge on any atom is -0.293 e. The van der Waals surface area contributed by atoms with Gasteiger partial charge >= 0.3 is 5.69 Å². The van der Waals surface area contributed by atoms with Gasteiger partial charge in [-0.1, -0.05) is 115 Å². The van der Waals surface area contributed by atoms with Gasteiger partial charge in [-0.2, -0.15) is 0 Å². The van der Waals surface area contributed by atoms with Gasteiger partial charge in [-0.05, 0) is 52.6 Å². The zero-order chi connectivity index (χ0) is 31.4. The Morgan fingerprint density at radius 1 is 0.435 bits per heavy atom. The van der Waals surface area contributed by atoms with Crippen molar-refractivity contribution in [2.75, 3.05) is 0 Å². The molecular formula is C40H26N2O4. The molecule has 2 atom stereocenters. The molecule has 5 aromatic carbocycles. The van der Waals surface area contributed by atoms with E-state index in [-0.39, 0.29) is 16.8 Å². The number of nitrogens with zero attached hydrogens (tertiary/aromatic N) is 2. The SMILES string of the molecule is O=C1c2ccccc2C(=O)C2C=c3c(c(=O)n(-c4cccc(-c5ccccc5)c4)c(=O)n3-c3cccc(-c4ccccc4)c3)=CC12. The molecule has 6 heteroatoms. The highest BCUT2D eigenvalue weighted by Gasteiger charge is 2.40. The van der Waals surface area contributed by atoms with Crippen LogP contribution < -0.4 is 21.8 Å². The van der Waals surface area contributed by atoms with Gasteiger partial charge in [0.15, 0.2) is 11.6 Å². The van der Waals surface area contributed by atoms with Crippen LogP contribution in [-0.2, 0) is 0 Å². The Balaban J connectivity index is 1.43. The van der Waals surface area contributed by atoms with Crippen molar-refractivity contribution in [3.63, 3.8) is 0 Å². The van der Waals surface area contributed by atoms with Gasteiger partial charge in [-0.25, -0.2) is 9.36 Å². The first kappa shape index (κ1) is 27.4. The van der Waals surface area contributed by atoms with E-state index in [4.69, 9.17) is 0 Å². The highest BCUT2D eigenvalue weighted by atomic mass is 16.2. The van der Waals surface area contributed by atoms with E-state index in [2.05, 4.69) is 0 Å². The Hall–Kier alpha value is -6.14. The zero-order valence-corrected chi connectivity index (χ0v) is 24.5. The molecule has 2 aliphatic rings. The van der Waals surface area contributed by atoms with Gasteiger partial charge in [-0.15, -0.1) is 0 Å². The summed E-state index contributed by atoms with van der Waals surface area (Å²) in [6, 6.07) is 41.1. The van der Waals surface area contributed by atoms with Gasteiger partial charge in [-0.3, -0.25) is 19.0 Å². The monoisotopic (exact) mass is 598 g/mol. The number of benzene rings is 5. The summed E-state index contributed by atoms with van der Waals surface area (Å²) < 4.78 is 2.65. The van der Waals surface area contributed by atoms with Crippen LogP contribution in [0.15, 0.2) is 143 Å². The zero-order valence-electron chi connectivity index (χ0n) is 24.5. The van der Waals surface area contributed by atoms with Crippen LogP contribution in [0, 0.1) is 11.8 Å². The van der Waals surface area contributed by atoms with Crippen LogP contribution >= 0.6 is 0 Å². The van der Waals surface area contributed by atoms with E-state index < -0.39 is 23.1 Å². The fourth-order valence-electron chi connectivity index (χ4n) is 6.66. The van der Waals surface area contributed by atoms with Gasteiger partial charge in [0, 0.05) is 11.1 Å². The molecule has 0 bridgehead atoms. The molecule has 0 amide bonds. The van der Waals surface area contributed by atoms with Crippen LogP contribution in [0.2, 0.25) is 0 Å². The number of carbonyl (C=O) groups is 2. The standard InChI is InChI=1S/C40H26N2O4/c43-37-31-19-7-8-20-32(31)38(44)34-24-36-35(23-33(34)37)39(45)42(30-18-10-16-28(22-30)26-13-5-2-6-14-26)40(46)41(36)29-17-9-15-27(21-29)25-11-3-1-4-12-25/h1-24,33-34H. The second-order valence-corrected chi connectivity index (χ2v) is 11.5. The first-order valence-electron chi connectivity index (χ1n) is 15.1. The number of aromatic nitrogens is 2. The maximum Gasteiger partial charge on any atom is 0.340 e. The number of Topliss-reactive ketones (excluding diaryl/α,β-unsaturated/α-hetero) is 2. The first-order chi connectivity index (χ1) is 22.5. The lowest BCUT2D eigenvalue weighted by Gasteiger charge is -2.29. The molecule has 46 heavy (non-hydrogen) atoms. The second kappa shape index (κ2) is 10.8. The van der Waals surface area contributed by atoms with Crippen molar-refractivity contribution in [3.8, 4) is 33.6 Å². The van der Waals surface area contributed by atoms with Crippen molar-refractivity contribution in [1.82, 2.24) is 9.13 Å². The molecule has 2 unspecified atom stereocenters. The quantitative estimate of drug-likeness (QED) is 0.279. The minimum atomic E-state index is -0.853. The van der Waals surface area contributed by atoms with Gasteiger partial charge < -0.3 is 0 Å². The Labute approximate surface area is 263 Å². The van der Waals surface area contributed by atoms with Crippen molar-refractivity contribution < 1.29 is 9.59 Å². The van der Waals surface area contributed by atoms with Gasteiger partial charge in [0.2, 0.25) is 0 Å². The lowest BCUT2D eigenvalue weighted by Crippen LogP contribution is -2.60. The molecule has 0 saturated carbocycles. The summed E-state index contributed by atoms with van der Waals surface area (Å²) in [5, 5.41) is 0.508. The van der Waals surface area contributed by atoms with Crippen LogP contribution in [0.4, 0.5) is 0 Å². The van der Waals surface area contributed by atoms with Crippen LogP contribution in [-0.4, -0.2) is 20.7 Å². The fraction of sp³-hybridized carbons (Fsp3) is 0.0500. The summed E-state index contributed by atoms with van der Waals surface area (Å²) >= 11 is 0. The summed E-state index contributed by atoms with van der Waals surface area (Å²) in [4.78, 5) is 56.4. The average Bonchev–Trinajstić information content (AvgIpc) is 3.11. The molecule has 0 fully saturated rings. The smallest absolute Gasteiger partial charge is 0.293 e. The van der Waals surface area contributed by atoms with Crippen LogP contribution in [0.1, 0.15) is 20.7 Å². The number of ketones is 2. The van der Waals surface area contributed by atoms with E-state index in [1.54, 1.807) is 42.5 Å². The molecule has 0 saturated heterocycles. The predicted molar refractivity (Wildman–Crippen MR) is 179 cm³/mol. The largest absolute Gasteiger partial charge is 0.340 e. The van der Waals surface area contributed by atoms with E-state index in [1.165, 1.54) is 4.57 Å². The molecule has 8 rings (SSSR count). The maximum atomic E-state index is 14.6. The maximum absolute atomic E-state index is 14.6. The van der Waals surface area contributed by atoms with Crippen molar-refractivity contribution in [3.05, 3.63) is 176 Å². The molecule has 6 nitrogen and oxygen atoms in total. The lowest BCUT2D eigenvalue weighted by atomic mass is 9.72. The van der Waals surface area contributed by atoms with Crippen LogP contribution in [0.5, 0.6) is 0 Å². The molecule has 0 spiro atoms. The molecule has 0 radical (unpaired) electrons. The Bertz CT molecular complexity index is 2460. The number of carbonyl (C=O) groups excluding carboxylic acids is 2. The first-order valence-corrected chi connectivity index (χ1v) is 15.1. The topological polar surface area (TPSA) is 78.1 Å². The molecule has 0 N–H and O–H groups in total. The molecule has 6 aromatic rings. The average molecular weight is 599 g/mol. The number of hydrogen-bond acceptors (Lipinski definition) is 4. The molecule has 1 aromatic heterocycles. The molecule has 1 heterocycles. The van der Waals surface area contributed by atoms with E-state index in [9.17, 15) is 19.2 Å². The third-order valence-corrected chi connectivity index (χ3v) is 8.89. The Kier molecular flexibility index (Phi) is 6.43. The van der Waals surface area contributed by atoms with Gasteiger partial charge in [0.25, 0.3) is 5.56 Å². The van der Waals surface area contributed by atoms with Crippen LogP contribution in [0.3, 0.4) is 0 Å². The molecule has 0 aliphatic heterocycles.